The van der Waals surface area contributed by atoms with E-state index in [1.54, 1.807) is 0 Å². The molecule has 0 amide bonds. The average Bonchev–Trinajstić information content (AvgIpc) is 2.05. The molecule has 0 atom stereocenters. The van der Waals surface area contributed by atoms with E-state index in [0.29, 0.717) is 5.41 Å². The van der Waals surface area contributed by atoms with Gasteiger partial charge in [0.2, 0.25) is 0 Å². The van der Waals surface area contributed by atoms with Gasteiger partial charge in [0.25, 0.3) is 0 Å². The number of hydrogen-bond acceptors (Lipinski definition) is 1. The highest BCUT2D eigenvalue weighted by Crippen LogP contribution is 2.34. The molecule has 1 saturated heterocycles. The van der Waals surface area contributed by atoms with E-state index in [4.69, 9.17) is 0 Å². The van der Waals surface area contributed by atoms with Gasteiger partial charge in [-0.1, -0.05) is 26.8 Å². The summed E-state index contributed by atoms with van der Waals surface area (Å²) in [6, 6.07) is 0. The topological polar surface area (TPSA) is 3.24 Å². The van der Waals surface area contributed by atoms with Gasteiger partial charge in [-0.25, -0.2) is 0 Å². The molecule has 1 heteroatoms. The molecule has 1 rings (SSSR count). The molecule has 0 radical (unpaired) electrons. The number of rotatable bonds is 2. The molecule has 1 fully saturated rings. The van der Waals surface area contributed by atoms with E-state index < -0.39 is 0 Å². The molecule has 1 aliphatic rings. The molecule has 0 aromatic carbocycles. The summed E-state index contributed by atoms with van der Waals surface area (Å²) >= 11 is 0. The second-order valence-electron chi connectivity index (χ2n) is 4.39. The highest BCUT2D eigenvalue weighted by molar-refractivity contribution is 4.93. The van der Waals surface area contributed by atoms with Crippen molar-refractivity contribution in [2.75, 3.05) is 13.1 Å². The van der Waals surface area contributed by atoms with Crippen LogP contribution in [0.1, 0.15) is 40.0 Å². The first kappa shape index (κ1) is 9.63. The van der Waals surface area contributed by atoms with Crippen molar-refractivity contribution in [2.45, 2.75) is 40.0 Å². The Balaban J connectivity index is 2.44. The van der Waals surface area contributed by atoms with Gasteiger partial charge in [0.1, 0.15) is 0 Å². The number of allylic oxidation sites excluding steroid dienone is 1. The Hall–Kier alpha value is -0.460. The standard InChI is InChI=1S/C11H21N/c1-5-11(4)6-8-12(9-7-11)10(2)3/h2,5-9H2,1,3-4H3. The van der Waals surface area contributed by atoms with Gasteiger partial charge >= 0.3 is 0 Å². The van der Waals surface area contributed by atoms with E-state index in [2.05, 4.69) is 32.3 Å². The summed E-state index contributed by atoms with van der Waals surface area (Å²) < 4.78 is 0. The van der Waals surface area contributed by atoms with Crippen LogP contribution in [0.4, 0.5) is 0 Å². The first-order valence-electron chi connectivity index (χ1n) is 4.98. The molecular formula is C11H21N. The number of likely N-dealkylation sites (tertiary alicyclic amines) is 1. The molecule has 1 aliphatic heterocycles. The summed E-state index contributed by atoms with van der Waals surface area (Å²) in [5.41, 5.74) is 1.83. The van der Waals surface area contributed by atoms with Crippen LogP contribution in [0.2, 0.25) is 0 Å². The highest BCUT2D eigenvalue weighted by atomic mass is 15.1. The predicted molar refractivity (Wildman–Crippen MR) is 54.0 cm³/mol. The van der Waals surface area contributed by atoms with Crippen LogP contribution in [0.5, 0.6) is 0 Å². The largest absolute Gasteiger partial charge is 0.375 e. The predicted octanol–water partition coefficient (Wildman–Crippen LogP) is 3.03. The lowest BCUT2D eigenvalue weighted by Crippen LogP contribution is -2.36. The Labute approximate surface area is 76.5 Å². The van der Waals surface area contributed by atoms with E-state index in [-0.39, 0.29) is 0 Å². The van der Waals surface area contributed by atoms with Crippen molar-refractivity contribution in [3.8, 4) is 0 Å². The van der Waals surface area contributed by atoms with E-state index in [1.165, 1.54) is 38.0 Å². The van der Waals surface area contributed by atoms with Gasteiger partial charge in [-0.3, -0.25) is 0 Å². The van der Waals surface area contributed by atoms with Gasteiger partial charge in [-0.05, 0) is 25.2 Å². The Morgan fingerprint density at radius 1 is 1.42 bits per heavy atom. The summed E-state index contributed by atoms with van der Waals surface area (Å²) in [7, 11) is 0. The smallest absolute Gasteiger partial charge is 0.0179 e. The Morgan fingerprint density at radius 3 is 2.25 bits per heavy atom. The summed E-state index contributed by atoms with van der Waals surface area (Å²) in [5, 5.41) is 0. The second-order valence-corrected chi connectivity index (χ2v) is 4.39. The van der Waals surface area contributed by atoms with Crippen LogP contribution in [-0.4, -0.2) is 18.0 Å². The molecule has 0 aromatic rings. The normalized spacial score (nSPS) is 22.4. The minimum atomic E-state index is 0.603. The van der Waals surface area contributed by atoms with Gasteiger partial charge in [-0.2, -0.15) is 0 Å². The fourth-order valence-corrected chi connectivity index (χ4v) is 1.78. The molecule has 12 heavy (non-hydrogen) atoms. The third-order valence-corrected chi connectivity index (χ3v) is 3.36. The van der Waals surface area contributed by atoms with Crippen LogP contribution in [0.15, 0.2) is 12.3 Å². The summed E-state index contributed by atoms with van der Waals surface area (Å²) in [6.45, 7) is 13.2. The van der Waals surface area contributed by atoms with Gasteiger partial charge in [0, 0.05) is 18.8 Å². The first-order valence-corrected chi connectivity index (χ1v) is 4.98. The molecule has 0 bridgehead atoms. The zero-order valence-corrected chi connectivity index (χ0v) is 8.69. The third kappa shape index (κ3) is 2.02. The van der Waals surface area contributed by atoms with Gasteiger partial charge in [0.05, 0.1) is 0 Å². The number of hydrogen-bond donors (Lipinski definition) is 0. The average molecular weight is 167 g/mol. The summed E-state index contributed by atoms with van der Waals surface area (Å²) in [6.07, 6.45) is 3.98. The molecule has 0 aromatic heterocycles. The van der Waals surface area contributed by atoms with Gasteiger partial charge in [-0.15, -0.1) is 0 Å². The lowest BCUT2D eigenvalue weighted by atomic mass is 9.78. The number of piperidine rings is 1. The van der Waals surface area contributed by atoms with Crippen LogP contribution < -0.4 is 0 Å². The second kappa shape index (κ2) is 3.51. The van der Waals surface area contributed by atoms with E-state index in [9.17, 15) is 0 Å². The maximum atomic E-state index is 3.98. The van der Waals surface area contributed by atoms with Crippen molar-refractivity contribution in [3.05, 3.63) is 12.3 Å². The molecule has 0 aliphatic carbocycles. The van der Waals surface area contributed by atoms with Crippen molar-refractivity contribution in [1.82, 2.24) is 4.90 Å². The molecule has 0 unspecified atom stereocenters. The Kier molecular flexibility index (Phi) is 2.81. The maximum absolute atomic E-state index is 3.98. The lowest BCUT2D eigenvalue weighted by Gasteiger charge is -2.40. The highest BCUT2D eigenvalue weighted by Gasteiger charge is 2.27. The van der Waals surface area contributed by atoms with Crippen LogP contribution in [0.3, 0.4) is 0 Å². The van der Waals surface area contributed by atoms with E-state index >= 15 is 0 Å². The minimum Gasteiger partial charge on any atom is -0.375 e. The van der Waals surface area contributed by atoms with Gasteiger partial charge in [0.15, 0.2) is 0 Å². The quantitative estimate of drug-likeness (QED) is 0.611. The molecule has 0 saturated carbocycles. The minimum absolute atomic E-state index is 0.603. The van der Waals surface area contributed by atoms with Crippen molar-refractivity contribution in [2.24, 2.45) is 5.41 Å². The fraction of sp³-hybridized carbons (Fsp3) is 0.818. The molecular weight excluding hydrogens is 146 g/mol. The monoisotopic (exact) mass is 167 g/mol. The van der Waals surface area contributed by atoms with Crippen LogP contribution in [-0.2, 0) is 0 Å². The van der Waals surface area contributed by atoms with Crippen LogP contribution in [0, 0.1) is 5.41 Å². The first-order chi connectivity index (χ1) is 5.57. The van der Waals surface area contributed by atoms with Crippen LogP contribution >= 0.6 is 0 Å². The van der Waals surface area contributed by atoms with Crippen molar-refractivity contribution in [1.29, 1.82) is 0 Å². The SMILES string of the molecule is C=C(C)N1CCC(C)(CC)CC1. The van der Waals surface area contributed by atoms with Crippen molar-refractivity contribution < 1.29 is 0 Å². The Morgan fingerprint density at radius 2 is 1.92 bits per heavy atom. The van der Waals surface area contributed by atoms with Crippen molar-refractivity contribution >= 4 is 0 Å². The molecule has 0 spiro atoms. The number of nitrogens with zero attached hydrogens (tertiary/aromatic N) is 1. The fourth-order valence-electron chi connectivity index (χ4n) is 1.78. The summed E-state index contributed by atoms with van der Waals surface area (Å²) in [5.74, 6) is 0. The Bertz CT molecular complexity index is 164. The lowest BCUT2D eigenvalue weighted by molar-refractivity contribution is 0.140. The zero-order valence-electron chi connectivity index (χ0n) is 8.69. The maximum Gasteiger partial charge on any atom is 0.0179 e. The molecule has 0 N–H and O–H groups in total. The van der Waals surface area contributed by atoms with E-state index in [0.717, 1.165) is 0 Å². The van der Waals surface area contributed by atoms with Crippen molar-refractivity contribution in [3.63, 3.8) is 0 Å². The molecule has 1 nitrogen and oxygen atoms in total. The third-order valence-electron chi connectivity index (χ3n) is 3.36. The zero-order chi connectivity index (χ0) is 9.19. The molecule has 70 valence electrons. The van der Waals surface area contributed by atoms with Crippen LogP contribution in [0.25, 0.3) is 0 Å². The molecule has 1 heterocycles. The van der Waals surface area contributed by atoms with Gasteiger partial charge < -0.3 is 4.90 Å². The summed E-state index contributed by atoms with van der Waals surface area (Å²) in [4.78, 5) is 2.40. The van der Waals surface area contributed by atoms with E-state index in [1.807, 2.05) is 0 Å².